The fraction of sp³-hybridized carbons (Fsp3) is 0.263. The van der Waals surface area contributed by atoms with Gasteiger partial charge in [-0.05, 0) is 17.7 Å². The number of fused-ring (bicyclic) bond motifs is 3. The maximum absolute atomic E-state index is 13.7. The lowest BCUT2D eigenvalue weighted by Crippen LogP contribution is -2.28. The first-order valence-corrected chi connectivity index (χ1v) is 10.2. The minimum absolute atomic E-state index is 0.213. The van der Waals surface area contributed by atoms with Crippen LogP contribution in [0.3, 0.4) is 0 Å². The number of para-hydroxylation sites is 1. The van der Waals surface area contributed by atoms with E-state index in [0.29, 0.717) is 11.1 Å². The number of esters is 1. The van der Waals surface area contributed by atoms with Gasteiger partial charge in [0.15, 0.2) is 0 Å². The van der Waals surface area contributed by atoms with Gasteiger partial charge in [0.25, 0.3) is 7.37 Å². The highest BCUT2D eigenvalue weighted by molar-refractivity contribution is 7.67. The normalized spacial score (nSPS) is 18.6. The average Bonchev–Trinajstić information content (AvgIpc) is 2.66. The third kappa shape index (κ3) is 4.04. The number of carbonyl (C=O) groups is 2. The van der Waals surface area contributed by atoms with Gasteiger partial charge in [-0.25, -0.2) is 0 Å². The largest absolute Gasteiger partial charge is 0.481 e. The molecule has 0 saturated carbocycles. The Morgan fingerprint density at radius 3 is 2.44 bits per heavy atom. The summed E-state index contributed by atoms with van der Waals surface area (Å²) in [6.45, 7) is -0.565. The number of hydrogen-bond donors (Lipinski definition) is 2. The summed E-state index contributed by atoms with van der Waals surface area (Å²) < 4.78 is 24.2. The number of aliphatic hydroxyl groups excluding tert-OH is 1. The minimum atomic E-state index is -3.57. The zero-order chi connectivity index (χ0) is 19.4. The van der Waals surface area contributed by atoms with Crippen molar-refractivity contribution in [2.45, 2.75) is 6.42 Å². The van der Waals surface area contributed by atoms with E-state index in [4.69, 9.17) is 14.4 Å². The van der Waals surface area contributed by atoms with Crippen LogP contribution in [0.15, 0.2) is 48.5 Å². The van der Waals surface area contributed by atoms with Gasteiger partial charge in [0, 0.05) is 5.56 Å². The fourth-order valence-corrected chi connectivity index (χ4v) is 5.64. The molecular formula is C19H19O7P. The maximum Gasteiger partial charge on any atom is 0.307 e. The van der Waals surface area contributed by atoms with Crippen LogP contribution in [-0.2, 0) is 18.9 Å². The van der Waals surface area contributed by atoms with Crippen molar-refractivity contribution in [3.05, 3.63) is 48.5 Å². The molecule has 1 heterocycles. The summed E-state index contributed by atoms with van der Waals surface area (Å²) in [5.41, 5.74) is 1.52. The molecule has 2 aromatic rings. The number of carbonyl (C=O) groups excluding carboxylic acids is 1. The smallest absolute Gasteiger partial charge is 0.307 e. The van der Waals surface area contributed by atoms with Crippen LogP contribution in [0.5, 0.6) is 5.75 Å². The van der Waals surface area contributed by atoms with E-state index >= 15 is 0 Å². The number of ether oxygens (including phenoxy) is 1. The van der Waals surface area contributed by atoms with Crippen molar-refractivity contribution in [1.29, 1.82) is 0 Å². The minimum Gasteiger partial charge on any atom is -0.481 e. The van der Waals surface area contributed by atoms with E-state index in [2.05, 4.69) is 0 Å². The molecule has 3 rings (SSSR count). The number of carboxylic acids is 1. The Kier molecular flexibility index (Phi) is 5.63. The Morgan fingerprint density at radius 1 is 1.07 bits per heavy atom. The van der Waals surface area contributed by atoms with Crippen molar-refractivity contribution in [2.75, 3.05) is 19.4 Å². The lowest BCUT2D eigenvalue weighted by Gasteiger charge is -2.30. The summed E-state index contributed by atoms with van der Waals surface area (Å²) in [5, 5.41) is 18.6. The number of aliphatic hydroxyl groups is 1. The molecule has 2 atom stereocenters. The van der Waals surface area contributed by atoms with Gasteiger partial charge in [-0.3, -0.25) is 14.2 Å². The molecule has 2 unspecified atom stereocenters. The molecular weight excluding hydrogens is 371 g/mol. The van der Waals surface area contributed by atoms with Gasteiger partial charge >= 0.3 is 11.9 Å². The summed E-state index contributed by atoms with van der Waals surface area (Å²) in [7, 11) is -3.57. The van der Waals surface area contributed by atoms with Gasteiger partial charge < -0.3 is 19.5 Å². The van der Waals surface area contributed by atoms with Crippen molar-refractivity contribution >= 4 is 24.6 Å². The van der Waals surface area contributed by atoms with Crippen LogP contribution in [-0.4, -0.2) is 41.5 Å². The van der Waals surface area contributed by atoms with E-state index < -0.39 is 31.6 Å². The second-order valence-electron chi connectivity index (χ2n) is 6.14. The third-order valence-corrected chi connectivity index (χ3v) is 6.81. The Balaban J connectivity index is 1.92. The lowest BCUT2D eigenvalue weighted by molar-refractivity contribution is -0.151. The van der Waals surface area contributed by atoms with Crippen LogP contribution in [0, 0.1) is 5.92 Å². The molecule has 0 fully saturated rings. The quantitative estimate of drug-likeness (QED) is 0.551. The monoisotopic (exact) mass is 390 g/mol. The Labute approximate surface area is 156 Å². The molecule has 2 N–H and O–H groups in total. The maximum atomic E-state index is 13.7. The average molecular weight is 390 g/mol. The standard InChI is InChI=1S/C19H19O7P/c20-9-10-25-18(21)11-13(19(22)23)12-27(24)17-8-4-2-6-15(17)14-5-1-3-7-16(14)26-27/h1-8,13,20H,9-12H2,(H,22,23). The molecule has 0 aliphatic carbocycles. The van der Waals surface area contributed by atoms with Gasteiger partial charge in [-0.15, -0.1) is 0 Å². The first-order chi connectivity index (χ1) is 12.9. The van der Waals surface area contributed by atoms with Crippen LogP contribution in [0.1, 0.15) is 6.42 Å². The molecule has 1 aliphatic rings. The highest BCUT2D eigenvalue weighted by Crippen LogP contribution is 2.55. The number of benzene rings is 2. The molecule has 0 aromatic heterocycles. The number of aliphatic carboxylic acids is 1. The van der Waals surface area contributed by atoms with Crippen molar-refractivity contribution in [2.24, 2.45) is 5.92 Å². The first kappa shape index (κ1) is 19.1. The van der Waals surface area contributed by atoms with Crippen LogP contribution in [0.2, 0.25) is 0 Å². The molecule has 0 spiro atoms. The first-order valence-electron chi connectivity index (χ1n) is 8.41. The van der Waals surface area contributed by atoms with Crippen molar-refractivity contribution in [1.82, 2.24) is 0 Å². The van der Waals surface area contributed by atoms with Crippen LogP contribution in [0.25, 0.3) is 11.1 Å². The molecule has 0 saturated heterocycles. The van der Waals surface area contributed by atoms with E-state index in [1.54, 1.807) is 24.3 Å². The molecule has 0 radical (unpaired) electrons. The summed E-state index contributed by atoms with van der Waals surface area (Å²) >= 11 is 0. The topological polar surface area (TPSA) is 110 Å². The van der Waals surface area contributed by atoms with Gasteiger partial charge in [0.1, 0.15) is 12.4 Å². The Hall–Kier alpha value is -2.63. The number of hydrogen-bond acceptors (Lipinski definition) is 6. The van der Waals surface area contributed by atoms with E-state index in [-0.39, 0.29) is 19.4 Å². The van der Waals surface area contributed by atoms with Crippen LogP contribution in [0.4, 0.5) is 0 Å². The van der Waals surface area contributed by atoms with Gasteiger partial charge in [0.05, 0.1) is 30.4 Å². The van der Waals surface area contributed by atoms with Crippen molar-refractivity contribution in [3.8, 4) is 16.9 Å². The SMILES string of the molecule is O=C(CC(CP1(=O)Oc2ccccc2-c2ccccc21)C(=O)O)OCCO. The number of rotatable bonds is 7. The van der Waals surface area contributed by atoms with Crippen LogP contribution >= 0.6 is 7.37 Å². The zero-order valence-electron chi connectivity index (χ0n) is 14.4. The van der Waals surface area contributed by atoms with Gasteiger partial charge in [0.2, 0.25) is 0 Å². The molecule has 27 heavy (non-hydrogen) atoms. The molecule has 0 bridgehead atoms. The van der Waals surface area contributed by atoms with E-state index in [1.165, 1.54) is 0 Å². The second kappa shape index (κ2) is 7.94. The lowest BCUT2D eigenvalue weighted by atomic mass is 10.0. The molecule has 7 nitrogen and oxygen atoms in total. The predicted octanol–water partition coefficient (Wildman–Crippen LogP) is 2.28. The van der Waals surface area contributed by atoms with Crippen molar-refractivity contribution in [3.63, 3.8) is 0 Å². The Morgan fingerprint density at radius 2 is 1.74 bits per heavy atom. The van der Waals surface area contributed by atoms with E-state index in [0.717, 1.165) is 11.1 Å². The molecule has 8 heteroatoms. The fourth-order valence-electron chi connectivity index (χ4n) is 3.05. The van der Waals surface area contributed by atoms with Gasteiger partial charge in [-0.2, -0.15) is 0 Å². The predicted molar refractivity (Wildman–Crippen MR) is 98.4 cm³/mol. The molecule has 1 aliphatic heterocycles. The van der Waals surface area contributed by atoms with Crippen LogP contribution < -0.4 is 9.83 Å². The molecule has 0 amide bonds. The summed E-state index contributed by atoms with van der Waals surface area (Å²) in [5.74, 6) is -2.84. The molecule has 2 aromatic carbocycles. The third-order valence-electron chi connectivity index (χ3n) is 4.27. The van der Waals surface area contributed by atoms with E-state index in [9.17, 15) is 19.3 Å². The van der Waals surface area contributed by atoms with E-state index in [1.807, 2.05) is 24.3 Å². The van der Waals surface area contributed by atoms with Crippen molar-refractivity contribution < 1.29 is 33.6 Å². The molecule has 142 valence electrons. The zero-order valence-corrected chi connectivity index (χ0v) is 15.3. The second-order valence-corrected chi connectivity index (χ2v) is 8.52. The highest BCUT2D eigenvalue weighted by Gasteiger charge is 2.40. The Bertz CT molecular complexity index is 908. The highest BCUT2D eigenvalue weighted by atomic mass is 31.2. The van der Waals surface area contributed by atoms with Gasteiger partial charge in [-0.1, -0.05) is 36.4 Å². The number of carboxylic acid groups (broad SMARTS) is 1. The summed E-state index contributed by atoms with van der Waals surface area (Å²) in [4.78, 5) is 23.4. The summed E-state index contributed by atoms with van der Waals surface area (Å²) in [6.07, 6.45) is -0.783. The summed E-state index contributed by atoms with van der Waals surface area (Å²) in [6, 6.07) is 14.1.